The number of allylic oxidation sites excluding steroid dienone is 1. The highest BCUT2D eigenvalue weighted by atomic mass is 35.5. The first-order valence-electron chi connectivity index (χ1n) is 3.13. The van der Waals surface area contributed by atoms with Gasteiger partial charge in [-0.2, -0.15) is 0 Å². The van der Waals surface area contributed by atoms with Crippen molar-refractivity contribution in [2.75, 3.05) is 5.88 Å². The number of carbonyl (C=O) groups excluding carboxylic acids is 1. The van der Waals surface area contributed by atoms with Crippen molar-refractivity contribution in [1.29, 1.82) is 0 Å². The summed E-state index contributed by atoms with van der Waals surface area (Å²) in [5.41, 5.74) is 0. The third-order valence-electron chi connectivity index (χ3n) is 1.11. The van der Waals surface area contributed by atoms with Crippen molar-refractivity contribution in [1.82, 2.24) is 0 Å². The van der Waals surface area contributed by atoms with Crippen LogP contribution in [0.4, 0.5) is 0 Å². The Morgan fingerprint density at radius 2 is 2.55 bits per heavy atom. The minimum Gasteiger partial charge on any atom is -0.294 e. The summed E-state index contributed by atoms with van der Waals surface area (Å²) in [6.07, 6.45) is 3.27. The van der Waals surface area contributed by atoms with Crippen LogP contribution in [0.1, 0.15) is 4.88 Å². The van der Waals surface area contributed by atoms with Gasteiger partial charge in [0.05, 0.1) is 5.88 Å². The van der Waals surface area contributed by atoms with Gasteiger partial charge in [-0.05, 0) is 23.6 Å². The van der Waals surface area contributed by atoms with Crippen LogP contribution in [0.25, 0.3) is 6.08 Å². The number of thiophene rings is 1. The summed E-state index contributed by atoms with van der Waals surface area (Å²) in [6.45, 7) is 0. The van der Waals surface area contributed by atoms with Crippen LogP contribution < -0.4 is 0 Å². The van der Waals surface area contributed by atoms with E-state index in [1.54, 1.807) is 17.4 Å². The molecular weight excluding hydrogens is 180 g/mol. The maximum Gasteiger partial charge on any atom is 0.170 e. The summed E-state index contributed by atoms with van der Waals surface area (Å²) < 4.78 is 0. The van der Waals surface area contributed by atoms with Gasteiger partial charge < -0.3 is 0 Å². The van der Waals surface area contributed by atoms with Crippen molar-refractivity contribution in [2.24, 2.45) is 0 Å². The predicted octanol–water partition coefficient (Wildman–Crippen LogP) is 2.57. The molecule has 0 atom stereocenters. The van der Waals surface area contributed by atoms with Crippen LogP contribution in [0.3, 0.4) is 0 Å². The van der Waals surface area contributed by atoms with Gasteiger partial charge in [0.15, 0.2) is 5.78 Å². The summed E-state index contributed by atoms with van der Waals surface area (Å²) in [7, 11) is 0. The fraction of sp³-hybridized carbons (Fsp3) is 0.125. The monoisotopic (exact) mass is 186 g/mol. The first-order chi connectivity index (χ1) is 5.33. The lowest BCUT2D eigenvalue weighted by atomic mass is 10.3. The highest BCUT2D eigenvalue weighted by Crippen LogP contribution is 2.09. The molecule has 0 radical (unpaired) electrons. The summed E-state index contributed by atoms with van der Waals surface area (Å²) in [5.74, 6) is 0.00192. The van der Waals surface area contributed by atoms with E-state index in [0.717, 1.165) is 4.88 Å². The first kappa shape index (κ1) is 8.50. The molecule has 3 heteroatoms. The van der Waals surface area contributed by atoms with Crippen molar-refractivity contribution >= 4 is 34.8 Å². The highest BCUT2D eigenvalue weighted by molar-refractivity contribution is 7.10. The molecule has 0 unspecified atom stereocenters. The van der Waals surface area contributed by atoms with Crippen molar-refractivity contribution in [3.05, 3.63) is 28.5 Å². The van der Waals surface area contributed by atoms with E-state index in [0.29, 0.717) is 0 Å². The molecule has 1 rings (SSSR count). The first-order valence-corrected chi connectivity index (χ1v) is 4.54. The van der Waals surface area contributed by atoms with Gasteiger partial charge in [-0.25, -0.2) is 0 Å². The molecule has 1 aromatic heterocycles. The number of rotatable bonds is 3. The van der Waals surface area contributed by atoms with Gasteiger partial charge in [-0.1, -0.05) is 6.07 Å². The molecule has 0 bridgehead atoms. The number of carbonyl (C=O) groups is 1. The van der Waals surface area contributed by atoms with Crippen molar-refractivity contribution in [3.8, 4) is 0 Å². The van der Waals surface area contributed by atoms with Crippen molar-refractivity contribution in [3.63, 3.8) is 0 Å². The summed E-state index contributed by atoms with van der Waals surface area (Å²) in [4.78, 5) is 11.8. The van der Waals surface area contributed by atoms with E-state index in [9.17, 15) is 4.79 Å². The predicted molar refractivity (Wildman–Crippen MR) is 49.1 cm³/mol. The minimum atomic E-state index is -0.0555. The highest BCUT2D eigenvalue weighted by Gasteiger charge is 1.91. The van der Waals surface area contributed by atoms with Crippen molar-refractivity contribution < 1.29 is 4.79 Å². The number of ketones is 1. The van der Waals surface area contributed by atoms with E-state index in [1.807, 2.05) is 17.5 Å². The molecule has 1 aromatic rings. The smallest absolute Gasteiger partial charge is 0.170 e. The zero-order chi connectivity index (χ0) is 8.10. The van der Waals surface area contributed by atoms with E-state index < -0.39 is 0 Å². The van der Waals surface area contributed by atoms with Crippen LogP contribution in [0.5, 0.6) is 0 Å². The molecule has 0 saturated carbocycles. The third-order valence-corrected chi connectivity index (χ3v) is 2.21. The van der Waals surface area contributed by atoms with Crippen LogP contribution in [0.2, 0.25) is 0 Å². The van der Waals surface area contributed by atoms with Crippen molar-refractivity contribution in [2.45, 2.75) is 0 Å². The molecule has 0 fully saturated rings. The zero-order valence-corrected chi connectivity index (χ0v) is 7.36. The Labute approximate surface area is 74.3 Å². The normalized spacial score (nSPS) is 10.6. The van der Waals surface area contributed by atoms with Gasteiger partial charge in [-0.3, -0.25) is 4.79 Å². The Morgan fingerprint density at radius 3 is 3.09 bits per heavy atom. The molecule has 1 nitrogen and oxygen atoms in total. The lowest BCUT2D eigenvalue weighted by Gasteiger charge is -1.82. The average molecular weight is 187 g/mol. The summed E-state index contributed by atoms with van der Waals surface area (Å²) >= 11 is 6.89. The van der Waals surface area contributed by atoms with Crippen LogP contribution in [0.15, 0.2) is 23.6 Å². The Morgan fingerprint density at radius 1 is 1.73 bits per heavy atom. The van der Waals surface area contributed by atoms with E-state index in [-0.39, 0.29) is 11.7 Å². The molecule has 0 aliphatic heterocycles. The Balaban J connectivity index is 2.55. The van der Waals surface area contributed by atoms with Crippen LogP contribution in [0, 0.1) is 0 Å². The van der Waals surface area contributed by atoms with Gasteiger partial charge in [0.1, 0.15) is 0 Å². The van der Waals surface area contributed by atoms with Gasteiger partial charge >= 0.3 is 0 Å². The van der Waals surface area contributed by atoms with E-state index >= 15 is 0 Å². The lowest BCUT2D eigenvalue weighted by molar-refractivity contribution is -0.112. The van der Waals surface area contributed by atoms with Crippen LogP contribution in [-0.2, 0) is 4.79 Å². The third kappa shape index (κ3) is 2.87. The standard InChI is InChI=1S/C8H7ClOS/c9-6-7(10)3-4-8-2-1-5-11-8/h1-5H,6H2. The molecule has 0 aliphatic carbocycles. The maximum atomic E-state index is 10.7. The van der Waals surface area contributed by atoms with Crippen LogP contribution >= 0.6 is 22.9 Å². The van der Waals surface area contributed by atoms with Gasteiger partial charge in [-0.15, -0.1) is 22.9 Å². The van der Waals surface area contributed by atoms with E-state index in [1.165, 1.54) is 6.08 Å². The maximum absolute atomic E-state index is 10.7. The number of hydrogen-bond donors (Lipinski definition) is 0. The molecule has 0 aromatic carbocycles. The van der Waals surface area contributed by atoms with Crippen LogP contribution in [-0.4, -0.2) is 11.7 Å². The Kier molecular flexibility index (Phi) is 3.33. The SMILES string of the molecule is O=C(C=Cc1cccs1)CCl. The molecule has 0 N–H and O–H groups in total. The van der Waals surface area contributed by atoms with Gasteiger partial charge in [0, 0.05) is 4.88 Å². The largest absolute Gasteiger partial charge is 0.294 e. The summed E-state index contributed by atoms with van der Waals surface area (Å²) in [5, 5.41) is 1.96. The van der Waals surface area contributed by atoms with Gasteiger partial charge in [0.25, 0.3) is 0 Å². The Hall–Kier alpha value is -0.600. The molecule has 58 valence electrons. The fourth-order valence-electron chi connectivity index (χ4n) is 0.606. The number of halogens is 1. The molecule has 0 saturated heterocycles. The number of alkyl halides is 1. The molecule has 0 spiro atoms. The Bertz CT molecular complexity index is 251. The quantitative estimate of drug-likeness (QED) is 0.524. The molecule has 1 heterocycles. The zero-order valence-electron chi connectivity index (χ0n) is 5.79. The molecule has 11 heavy (non-hydrogen) atoms. The fourth-order valence-corrected chi connectivity index (χ4v) is 1.31. The minimum absolute atomic E-state index is 0.0555. The average Bonchev–Trinajstić information content (AvgIpc) is 2.52. The molecule has 0 aliphatic rings. The van der Waals surface area contributed by atoms with E-state index in [2.05, 4.69) is 0 Å². The molecular formula is C8H7ClOS. The lowest BCUT2D eigenvalue weighted by Crippen LogP contribution is -1.90. The van der Waals surface area contributed by atoms with E-state index in [4.69, 9.17) is 11.6 Å². The number of hydrogen-bond acceptors (Lipinski definition) is 2. The second-order valence-corrected chi connectivity index (χ2v) is 3.20. The summed E-state index contributed by atoms with van der Waals surface area (Å²) in [6, 6.07) is 3.89. The topological polar surface area (TPSA) is 17.1 Å². The second-order valence-electron chi connectivity index (χ2n) is 1.95. The van der Waals surface area contributed by atoms with Gasteiger partial charge in [0.2, 0.25) is 0 Å². The second kappa shape index (κ2) is 4.31. The molecule has 0 amide bonds.